The average molecular weight is 240 g/mol. The van der Waals surface area contributed by atoms with Crippen LogP contribution in [0.15, 0.2) is 0 Å². The average Bonchev–Trinajstić information content (AvgIpc) is 2.34. The molecule has 1 N–H and O–H groups in total. The first-order valence-electron chi connectivity index (χ1n) is 6.26. The van der Waals surface area contributed by atoms with Crippen molar-refractivity contribution in [3.63, 3.8) is 0 Å². The summed E-state index contributed by atoms with van der Waals surface area (Å²) in [5.41, 5.74) is 0. The van der Waals surface area contributed by atoms with Crippen molar-refractivity contribution in [1.82, 2.24) is 10.2 Å². The van der Waals surface area contributed by atoms with Gasteiger partial charge < -0.3 is 10.1 Å². The summed E-state index contributed by atoms with van der Waals surface area (Å²) >= 11 is 0. The molecule has 96 valence electrons. The van der Waals surface area contributed by atoms with E-state index in [2.05, 4.69) is 5.32 Å². The largest absolute Gasteiger partial charge is 0.468 e. The summed E-state index contributed by atoms with van der Waals surface area (Å²) in [5, 5.41) is 3.31. The van der Waals surface area contributed by atoms with Crippen molar-refractivity contribution < 1.29 is 14.3 Å². The van der Waals surface area contributed by atoms with Crippen LogP contribution in [0, 0.1) is 5.92 Å². The Kier molecular flexibility index (Phi) is 3.79. The monoisotopic (exact) mass is 240 g/mol. The summed E-state index contributed by atoms with van der Waals surface area (Å²) in [4.78, 5) is 25.6. The van der Waals surface area contributed by atoms with Crippen LogP contribution in [0.4, 0.5) is 0 Å². The Labute approximate surface area is 101 Å². The van der Waals surface area contributed by atoms with Crippen molar-refractivity contribution in [3.05, 3.63) is 0 Å². The minimum atomic E-state index is -0.689. The number of fused-ring (bicyclic) bond motifs is 1. The number of carbonyl (C=O) groups is 2. The molecule has 17 heavy (non-hydrogen) atoms. The predicted molar refractivity (Wildman–Crippen MR) is 62.6 cm³/mol. The Morgan fingerprint density at radius 3 is 2.88 bits per heavy atom. The van der Waals surface area contributed by atoms with Gasteiger partial charge in [0.1, 0.15) is 0 Å². The normalized spacial score (nSPS) is 30.0. The van der Waals surface area contributed by atoms with Gasteiger partial charge in [0.25, 0.3) is 0 Å². The number of nitrogens with zero attached hydrogens (tertiary/aromatic N) is 1. The minimum absolute atomic E-state index is 0.0409. The van der Waals surface area contributed by atoms with Gasteiger partial charge in [-0.15, -0.1) is 0 Å². The number of ketones is 1. The molecule has 0 radical (unpaired) electrons. The zero-order chi connectivity index (χ0) is 12.4. The van der Waals surface area contributed by atoms with Crippen molar-refractivity contribution in [2.45, 2.75) is 31.8 Å². The first-order chi connectivity index (χ1) is 8.19. The van der Waals surface area contributed by atoms with Gasteiger partial charge in [0.2, 0.25) is 0 Å². The van der Waals surface area contributed by atoms with Gasteiger partial charge in [-0.05, 0) is 18.9 Å². The van der Waals surface area contributed by atoms with E-state index in [4.69, 9.17) is 4.74 Å². The summed E-state index contributed by atoms with van der Waals surface area (Å²) in [6.45, 7) is 4.54. The van der Waals surface area contributed by atoms with Crippen LogP contribution in [0.2, 0.25) is 0 Å². The van der Waals surface area contributed by atoms with Crippen molar-refractivity contribution in [2.24, 2.45) is 5.92 Å². The van der Waals surface area contributed by atoms with Crippen LogP contribution in [-0.4, -0.2) is 55.5 Å². The number of carbonyl (C=O) groups excluding carboxylic acids is 2. The molecule has 2 rings (SSSR count). The van der Waals surface area contributed by atoms with E-state index in [-0.39, 0.29) is 5.78 Å². The van der Waals surface area contributed by atoms with E-state index in [1.807, 2.05) is 4.90 Å². The molecule has 5 heteroatoms. The number of methoxy groups -OCH3 is 1. The van der Waals surface area contributed by atoms with E-state index in [1.165, 1.54) is 7.11 Å². The highest BCUT2D eigenvalue weighted by atomic mass is 16.5. The van der Waals surface area contributed by atoms with Gasteiger partial charge in [-0.2, -0.15) is 0 Å². The Morgan fingerprint density at radius 2 is 2.29 bits per heavy atom. The molecule has 2 heterocycles. The van der Waals surface area contributed by atoms with E-state index in [9.17, 15) is 9.59 Å². The predicted octanol–water partition coefficient (Wildman–Crippen LogP) is -0.199. The molecule has 0 aromatic carbocycles. The van der Waals surface area contributed by atoms with Gasteiger partial charge in [-0.25, -0.2) is 4.79 Å². The van der Waals surface area contributed by atoms with Gasteiger partial charge in [0, 0.05) is 25.6 Å². The van der Waals surface area contributed by atoms with Gasteiger partial charge in [0.15, 0.2) is 11.8 Å². The minimum Gasteiger partial charge on any atom is -0.468 e. The summed E-state index contributed by atoms with van der Waals surface area (Å²) in [7, 11) is 1.34. The number of hydrogen-bond acceptors (Lipinski definition) is 5. The summed E-state index contributed by atoms with van der Waals surface area (Å²) in [5.74, 6) is 0.176. The molecule has 0 aromatic heterocycles. The molecule has 2 saturated heterocycles. The lowest BCUT2D eigenvalue weighted by atomic mass is 9.81. The maximum absolute atomic E-state index is 11.9. The second kappa shape index (κ2) is 5.14. The lowest BCUT2D eigenvalue weighted by Crippen LogP contribution is -2.69. The quantitative estimate of drug-likeness (QED) is 0.545. The molecule has 0 saturated carbocycles. The molecule has 0 bridgehead atoms. The molecule has 5 nitrogen and oxygen atoms in total. The fourth-order valence-electron chi connectivity index (χ4n) is 2.82. The van der Waals surface area contributed by atoms with Gasteiger partial charge >= 0.3 is 5.97 Å². The van der Waals surface area contributed by atoms with E-state index in [0.717, 1.165) is 26.1 Å². The second-order valence-electron chi connectivity index (χ2n) is 4.76. The molecule has 3 atom stereocenters. The highest BCUT2D eigenvalue weighted by molar-refractivity contribution is 6.03. The first-order valence-corrected chi connectivity index (χ1v) is 6.26. The molecule has 0 spiro atoms. The number of esters is 1. The Balaban J connectivity index is 2.06. The molecular weight excluding hydrogens is 220 g/mol. The number of nitrogens with one attached hydrogen (secondary N) is 1. The zero-order valence-electron chi connectivity index (χ0n) is 10.4. The molecule has 3 unspecified atom stereocenters. The first kappa shape index (κ1) is 12.5. The topological polar surface area (TPSA) is 58.6 Å². The Bertz CT molecular complexity index is 303. The molecule has 0 amide bonds. The van der Waals surface area contributed by atoms with Crippen LogP contribution < -0.4 is 5.32 Å². The van der Waals surface area contributed by atoms with Crippen LogP contribution >= 0.6 is 0 Å². The number of hydrogen-bond donors (Lipinski definition) is 1. The SMILES string of the molecule is CCC(=O)C(C(=O)OC)N1CC2CCNCC21. The molecule has 2 aliphatic heterocycles. The molecule has 2 aliphatic rings. The third kappa shape index (κ3) is 2.21. The fraction of sp³-hybridized carbons (Fsp3) is 0.833. The molecule has 2 fully saturated rings. The number of rotatable bonds is 4. The third-order valence-corrected chi connectivity index (χ3v) is 3.87. The van der Waals surface area contributed by atoms with Crippen molar-refractivity contribution in [3.8, 4) is 0 Å². The molecule has 0 aromatic rings. The zero-order valence-corrected chi connectivity index (χ0v) is 10.4. The number of Topliss-reactive ketones (excluding diaryl/α,β-unsaturated/α-hetero) is 1. The molecule has 0 aliphatic carbocycles. The van der Waals surface area contributed by atoms with Crippen molar-refractivity contribution in [1.29, 1.82) is 0 Å². The van der Waals surface area contributed by atoms with Crippen LogP contribution in [0.3, 0.4) is 0 Å². The van der Waals surface area contributed by atoms with E-state index >= 15 is 0 Å². The van der Waals surface area contributed by atoms with Crippen LogP contribution in [0.25, 0.3) is 0 Å². The maximum atomic E-state index is 11.9. The number of ether oxygens (including phenoxy) is 1. The summed E-state index contributed by atoms with van der Waals surface area (Å²) in [6.07, 6.45) is 1.51. The number of likely N-dealkylation sites (tertiary alicyclic amines) is 1. The summed E-state index contributed by atoms with van der Waals surface area (Å²) in [6, 6.07) is -0.366. The van der Waals surface area contributed by atoms with Crippen LogP contribution in [0.1, 0.15) is 19.8 Å². The van der Waals surface area contributed by atoms with Crippen LogP contribution in [-0.2, 0) is 14.3 Å². The lowest BCUT2D eigenvalue weighted by Gasteiger charge is -2.52. The lowest BCUT2D eigenvalue weighted by molar-refractivity contribution is -0.159. The van der Waals surface area contributed by atoms with Crippen molar-refractivity contribution >= 4 is 11.8 Å². The number of piperidine rings is 1. The Morgan fingerprint density at radius 1 is 1.53 bits per heavy atom. The highest BCUT2D eigenvalue weighted by Gasteiger charge is 2.48. The van der Waals surface area contributed by atoms with Gasteiger partial charge in [-0.1, -0.05) is 6.92 Å². The second-order valence-corrected chi connectivity index (χ2v) is 4.76. The fourth-order valence-corrected chi connectivity index (χ4v) is 2.82. The maximum Gasteiger partial charge on any atom is 0.330 e. The van der Waals surface area contributed by atoms with E-state index in [0.29, 0.717) is 18.4 Å². The summed E-state index contributed by atoms with van der Waals surface area (Å²) < 4.78 is 4.75. The van der Waals surface area contributed by atoms with Gasteiger partial charge in [0.05, 0.1) is 7.11 Å². The van der Waals surface area contributed by atoms with E-state index in [1.54, 1.807) is 6.92 Å². The smallest absolute Gasteiger partial charge is 0.330 e. The third-order valence-electron chi connectivity index (χ3n) is 3.87. The van der Waals surface area contributed by atoms with Crippen LogP contribution in [0.5, 0.6) is 0 Å². The van der Waals surface area contributed by atoms with E-state index < -0.39 is 12.0 Å². The highest BCUT2D eigenvalue weighted by Crippen LogP contribution is 2.32. The van der Waals surface area contributed by atoms with Gasteiger partial charge in [-0.3, -0.25) is 9.69 Å². The van der Waals surface area contributed by atoms with Crippen molar-refractivity contribution in [2.75, 3.05) is 26.7 Å². The Hall–Kier alpha value is -0.940. The standard InChI is InChI=1S/C12H20N2O3/c1-3-10(15)11(12(16)17-2)14-7-8-4-5-13-6-9(8)14/h8-9,11,13H,3-7H2,1-2H3. The molecular formula is C12H20N2O3.